The molecule has 2 rings (SSSR count). The first-order valence-corrected chi connectivity index (χ1v) is 4.86. The van der Waals surface area contributed by atoms with Gasteiger partial charge in [0.15, 0.2) is 18.1 Å². The van der Waals surface area contributed by atoms with Crippen molar-refractivity contribution in [1.29, 1.82) is 0 Å². The van der Waals surface area contributed by atoms with Crippen LogP contribution < -0.4 is 9.30 Å². The number of aromatic nitrogens is 3. The summed E-state index contributed by atoms with van der Waals surface area (Å²) in [6.07, 6.45) is 3.95. The molecular formula is C9H10N3OS+. The molecule has 5 heteroatoms. The first-order chi connectivity index (χ1) is 6.81. The topological polar surface area (TPSA) is 38.9 Å². The van der Waals surface area contributed by atoms with Crippen LogP contribution in [0.3, 0.4) is 0 Å². The molecule has 0 fully saturated rings. The fraction of sp³-hybridized carbons (Fsp3) is 0.222. The van der Waals surface area contributed by atoms with Gasteiger partial charge in [-0.3, -0.25) is 0 Å². The summed E-state index contributed by atoms with van der Waals surface area (Å²) >= 11 is 1.16. The van der Waals surface area contributed by atoms with Crippen molar-refractivity contribution in [2.24, 2.45) is 7.05 Å². The molecule has 2 aromatic heterocycles. The van der Waals surface area contributed by atoms with Gasteiger partial charge < -0.3 is 4.74 Å². The zero-order valence-electron chi connectivity index (χ0n) is 7.97. The largest absolute Gasteiger partial charge is 0.479 e. The van der Waals surface area contributed by atoms with Crippen LogP contribution in [0.1, 0.15) is 0 Å². The van der Waals surface area contributed by atoms with Crippen LogP contribution in [-0.4, -0.2) is 15.9 Å². The molecule has 72 valence electrons. The van der Waals surface area contributed by atoms with Crippen LogP contribution in [0, 0.1) is 0 Å². The molecule has 14 heavy (non-hydrogen) atoms. The van der Waals surface area contributed by atoms with Crippen LogP contribution in [0.2, 0.25) is 0 Å². The van der Waals surface area contributed by atoms with Crippen molar-refractivity contribution >= 4 is 11.7 Å². The van der Waals surface area contributed by atoms with Gasteiger partial charge in [0, 0.05) is 6.07 Å². The van der Waals surface area contributed by atoms with Crippen LogP contribution in [0.25, 0.3) is 11.3 Å². The van der Waals surface area contributed by atoms with Crippen molar-refractivity contribution < 1.29 is 9.30 Å². The lowest BCUT2D eigenvalue weighted by Gasteiger charge is -1.97. The van der Waals surface area contributed by atoms with E-state index >= 15 is 0 Å². The highest BCUT2D eigenvalue weighted by Crippen LogP contribution is 2.25. The Balaban J connectivity index is 2.49. The van der Waals surface area contributed by atoms with E-state index in [0.29, 0.717) is 5.88 Å². The molecule has 0 spiro atoms. The van der Waals surface area contributed by atoms with Gasteiger partial charge in [-0.05, 0) is 6.07 Å². The molecule has 0 unspecified atom stereocenters. The summed E-state index contributed by atoms with van der Waals surface area (Å²) in [5.41, 5.74) is 1.81. The van der Waals surface area contributed by atoms with Crippen molar-refractivity contribution in [2.45, 2.75) is 0 Å². The van der Waals surface area contributed by atoms with E-state index in [0.717, 1.165) is 23.0 Å². The van der Waals surface area contributed by atoms with Crippen LogP contribution in [0.5, 0.6) is 5.88 Å². The monoisotopic (exact) mass is 208 g/mol. The Morgan fingerprint density at radius 1 is 1.43 bits per heavy atom. The smallest absolute Gasteiger partial charge is 0.253 e. The molecule has 0 aliphatic rings. The summed E-state index contributed by atoms with van der Waals surface area (Å²) < 4.78 is 15.3. The molecule has 0 N–H and O–H groups in total. The van der Waals surface area contributed by atoms with Crippen LogP contribution in [0.4, 0.5) is 0 Å². The molecule has 0 atom stereocenters. The molecule has 0 saturated heterocycles. The number of methoxy groups -OCH3 is 1. The van der Waals surface area contributed by atoms with Gasteiger partial charge in [0.25, 0.3) is 5.88 Å². The van der Waals surface area contributed by atoms with E-state index < -0.39 is 0 Å². The highest BCUT2D eigenvalue weighted by molar-refractivity contribution is 6.99. The fourth-order valence-corrected chi connectivity index (χ4v) is 1.76. The lowest BCUT2D eigenvalue weighted by molar-refractivity contribution is -0.671. The van der Waals surface area contributed by atoms with Crippen molar-refractivity contribution in [1.82, 2.24) is 8.75 Å². The van der Waals surface area contributed by atoms with E-state index in [-0.39, 0.29) is 0 Å². The second kappa shape index (κ2) is 3.71. The van der Waals surface area contributed by atoms with Gasteiger partial charge in [-0.15, -0.1) is 4.37 Å². The average Bonchev–Trinajstić information content (AvgIpc) is 2.65. The highest BCUT2D eigenvalue weighted by Gasteiger charge is 2.12. The summed E-state index contributed by atoms with van der Waals surface area (Å²) in [4.78, 5) is 0. The lowest BCUT2D eigenvalue weighted by atomic mass is 10.2. The molecule has 2 heterocycles. The van der Waals surface area contributed by atoms with Gasteiger partial charge in [-0.2, -0.15) is 4.37 Å². The van der Waals surface area contributed by atoms with E-state index in [9.17, 15) is 0 Å². The normalized spacial score (nSPS) is 10.1. The van der Waals surface area contributed by atoms with Crippen molar-refractivity contribution in [3.63, 3.8) is 0 Å². The Hall–Kier alpha value is -1.49. The molecule has 0 aliphatic heterocycles. The predicted molar refractivity (Wildman–Crippen MR) is 53.1 cm³/mol. The molecule has 0 bridgehead atoms. The van der Waals surface area contributed by atoms with E-state index in [1.165, 1.54) is 0 Å². The number of hydrogen-bond acceptors (Lipinski definition) is 4. The Labute approximate surface area is 86.1 Å². The molecule has 0 amide bonds. The maximum absolute atomic E-state index is 5.11. The first kappa shape index (κ1) is 9.08. The van der Waals surface area contributed by atoms with Gasteiger partial charge >= 0.3 is 0 Å². The van der Waals surface area contributed by atoms with E-state index in [1.807, 2.05) is 36.1 Å². The molecule has 4 nitrogen and oxygen atoms in total. The van der Waals surface area contributed by atoms with E-state index in [1.54, 1.807) is 7.11 Å². The summed E-state index contributed by atoms with van der Waals surface area (Å²) in [7, 11) is 3.57. The molecule has 0 aromatic carbocycles. The molecule has 2 aromatic rings. The molecular weight excluding hydrogens is 198 g/mol. The summed E-state index contributed by atoms with van der Waals surface area (Å²) in [6, 6.07) is 3.95. The standard InChI is InChI=1S/C9H10N3OS/c1-12-5-3-4-7(6-12)8-9(13-2)11-14-10-8/h3-6H,1-2H3/q+1. The summed E-state index contributed by atoms with van der Waals surface area (Å²) in [5.74, 6) is 0.584. The number of ether oxygens (including phenoxy) is 1. The number of pyridine rings is 1. The second-order valence-corrected chi connectivity index (χ2v) is 3.41. The lowest BCUT2D eigenvalue weighted by Crippen LogP contribution is -2.26. The zero-order valence-corrected chi connectivity index (χ0v) is 8.78. The quantitative estimate of drug-likeness (QED) is 0.692. The van der Waals surface area contributed by atoms with Crippen molar-refractivity contribution in [3.8, 4) is 17.1 Å². The third kappa shape index (κ3) is 1.58. The van der Waals surface area contributed by atoms with Crippen LogP contribution in [0.15, 0.2) is 24.5 Å². The molecule has 0 saturated carbocycles. The molecule has 0 radical (unpaired) electrons. The molecule has 0 aliphatic carbocycles. The Bertz CT molecular complexity index is 441. The Morgan fingerprint density at radius 3 is 3.00 bits per heavy atom. The van der Waals surface area contributed by atoms with Crippen LogP contribution in [-0.2, 0) is 7.05 Å². The minimum Gasteiger partial charge on any atom is -0.479 e. The van der Waals surface area contributed by atoms with E-state index in [2.05, 4.69) is 8.75 Å². The Kier molecular flexibility index (Phi) is 2.41. The maximum atomic E-state index is 5.11. The fourth-order valence-electron chi connectivity index (χ4n) is 1.22. The van der Waals surface area contributed by atoms with Crippen molar-refractivity contribution in [2.75, 3.05) is 7.11 Å². The Morgan fingerprint density at radius 2 is 2.29 bits per heavy atom. The van der Waals surface area contributed by atoms with E-state index in [4.69, 9.17) is 4.74 Å². The summed E-state index contributed by atoms with van der Waals surface area (Å²) in [6.45, 7) is 0. The third-order valence-corrected chi connectivity index (χ3v) is 2.38. The predicted octanol–water partition coefficient (Wildman–Crippen LogP) is 1.04. The SMILES string of the molecule is COc1nsnc1-c1ccc[n+](C)c1. The number of hydrogen-bond donors (Lipinski definition) is 0. The van der Waals surface area contributed by atoms with Gasteiger partial charge in [-0.25, -0.2) is 4.57 Å². The second-order valence-electron chi connectivity index (χ2n) is 2.88. The summed E-state index contributed by atoms with van der Waals surface area (Å²) in [5, 5.41) is 0. The van der Waals surface area contributed by atoms with Gasteiger partial charge in [0.1, 0.15) is 7.05 Å². The minimum absolute atomic E-state index is 0.584. The number of rotatable bonds is 2. The highest BCUT2D eigenvalue weighted by atomic mass is 32.1. The zero-order chi connectivity index (χ0) is 9.97. The first-order valence-electron chi connectivity index (χ1n) is 4.13. The van der Waals surface area contributed by atoms with Crippen molar-refractivity contribution in [3.05, 3.63) is 24.5 Å². The van der Waals surface area contributed by atoms with Gasteiger partial charge in [-0.1, -0.05) is 0 Å². The van der Waals surface area contributed by atoms with Gasteiger partial charge in [0.05, 0.1) is 24.4 Å². The average molecular weight is 208 g/mol. The maximum Gasteiger partial charge on any atom is 0.253 e. The number of nitrogens with zero attached hydrogens (tertiary/aromatic N) is 3. The third-order valence-electron chi connectivity index (χ3n) is 1.86. The number of aryl methyl sites for hydroxylation is 1. The van der Waals surface area contributed by atoms with Crippen LogP contribution >= 0.6 is 11.7 Å². The minimum atomic E-state index is 0.584. The van der Waals surface area contributed by atoms with Gasteiger partial charge in [0.2, 0.25) is 0 Å².